The van der Waals surface area contributed by atoms with Gasteiger partial charge in [-0.25, -0.2) is 0 Å². The van der Waals surface area contributed by atoms with Crippen molar-refractivity contribution in [2.45, 2.75) is 26.6 Å². The molecule has 3 aromatic rings. The lowest BCUT2D eigenvalue weighted by Crippen LogP contribution is -2.19. The Hall–Kier alpha value is -3.06. The van der Waals surface area contributed by atoms with Gasteiger partial charge in [-0.15, -0.1) is 0 Å². The molecule has 0 aliphatic heterocycles. The normalized spacial score (nSPS) is 10.9. The smallest absolute Gasteiger partial charge is 0.244 e. The van der Waals surface area contributed by atoms with Gasteiger partial charge in [0, 0.05) is 41.0 Å². The Morgan fingerprint density at radius 2 is 2.03 bits per heavy atom. The molecular formula is C23H24BrN3O3. The molecule has 0 atom stereocenters. The van der Waals surface area contributed by atoms with Crippen LogP contribution < -0.4 is 14.8 Å². The fourth-order valence-electron chi connectivity index (χ4n) is 2.80. The molecule has 2 aromatic carbocycles. The first-order chi connectivity index (χ1) is 14.6. The summed E-state index contributed by atoms with van der Waals surface area (Å²) >= 11 is 3.41. The average Bonchev–Trinajstić information content (AvgIpc) is 3.24. The summed E-state index contributed by atoms with van der Waals surface area (Å²) in [6, 6.07) is 13.4. The monoisotopic (exact) mass is 469 g/mol. The van der Waals surface area contributed by atoms with Crippen molar-refractivity contribution in [1.82, 2.24) is 15.1 Å². The van der Waals surface area contributed by atoms with Crippen molar-refractivity contribution in [2.24, 2.45) is 0 Å². The van der Waals surface area contributed by atoms with Crippen LogP contribution in [0.2, 0.25) is 0 Å². The number of nitrogens with one attached hydrogen (secondary N) is 1. The van der Waals surface area contributed by atoms with Gasteiger partial charge in [0.05, 0.1) is 13.3 Å². The fourth-order valence-corrected chi connectivity index (χ4v) is 3.06. The van der Waals surface area contributed by atoms with Crippen molar-refractivity contribution in [3.05, 3.63) is 82.1 Å². The lowest BCUT2D eigenvalue weighted by Gasteiger charge is -2.11. The number of hydrogen-bond acceptors (Lipinski definition) is 4. The van der Waals surface area contributed by atoms with E-state index in [2.05, 4.69) is 26.3 Å². The first-order valence-corrected chi connectivity index (χ1v) is 10.4. The number of carbonyl (C=O) groups excluding carboxylic acids is 1. The molecule has 0 radical (unpaired) electrons. The van der Waals surface area contributed by atoms with E-state index in [1.165, 1.54) is 6.08 Å². The van der Waals surface area contributed by atoms with Crippen molar-refractivity contribution in [2.75, 3.05) is 7.11 Å². The molecule has 0 spiro atoms. The number of methoxy groups -OCH3 is 1. The van der Waals surface area contributed by atoms with E-state index in [-0.39, 0.29) is 5.91 Å². The molecule has 0 saturated heterocycles. The van der Waals surface area contributed by atoms with Crippen LogP contribution >= 0.6 is 15.9 Å². The Labute approximate surface area is 184 Å². The number of rotatable bonds is 9. The van der Waals surface area contributed by atoms with E-state index in [4.69, 9.17) is 9.47 Å². The maximum Gasteiger partial charge on any atom is 0.244 e. The minimum atomic E-state index is -0.164. The number of ether oxygens (including phenoxy) is 2. The van der Waals surface area contributed by atoms with Crippen LogP contribution in [0, 0.1) is 0 Å². The SMILES string of the molecule is CCn1cc(CNC(=O)C=Cc2ccc(OC)c(COc3ccc(Br)cc3)c2)cn1. The number of benzene rings is 2. The summed E-state index contributed by atoms with van der Waals surface area (Å²) in [5.41, 5.74) is 2.75. The molecular weight excluding hydrogens is 446 g/mol. The number of hydrogen-bond donors (Lipinski definition) is 1. The number of carbonyl (C=O) groups is 1. The first kappa shape index (κ1) is 21.6. The number of nitrogens with zero attached hydrogens (tertiary/aromatic N) is 2. The number of aryl methyl sites for hydroxylation is 1. The predicted octanol–water partition coefficient (Wildman–Crippen LogP) is 4.58. The van der Waals surface area contributed by atoms with Gasteiger partial charge in [0.1, 0.15) is 18.1 Å². The molecule has 0 aliphatic rings. The van der Waals surface area contributed by atoms with Crippen LogP contribution in [0.4, 0.5) is 0 Å². The van der Waals surface area contributed by atoms with Gasteiger partial charge in [-0.2, -0.15) is 5.10 Å². The van der Waals surface area contributed by atoms with E-state index in [1.54, 1.807) is 19.4 Å². The molecule has 0 aliphatic carbocycles. The van der Waals surface area contributed by atoms with Gasteiger partial charge in [-0.1, -0.05) is 22.0 Å². The highest BCUT2D eigenvalue weighted by Gasteiger charge is 2.06. The standard InChI is InChI=1S/C23H24BrN3O3/c1-3-27-15-18(14-26-27)13-25-23(28)11-5-17-4-10-22(29-2)19(12-17)16-30-21-8-6-20(24)7-9-21/h4-12,14-15H,3,13,16H2,1-2H3,(H,25,28). The zero-order valence-corrected chi connectivity index (χ0v) is 18.6. The summed E-state index contributed by atoms with van der Waals surface area (Å²) in [5, 5.41) is 7.06. The van der Waals surface area contributed by atoms with Gasteiger partial charge in [0.2, 0.25) is 5.91 Å². The second kappa shape index (κ2) is 10.6. The Morgan fingerprint density at radius 3 is 2.73 bits per heavy atom. The number of aromatic nitrogens is 2. The third-order valence-electron chi connectivity index (χ3n) is 4.42. The zero-order valence-electron chi connectivity index (χ0n) is 17.0. The second-order valence-corrected chi connectivity index (χ2v) is 7.48. The molecule has 1 aromatic heterocycles. The molecule has 0 saturated carbocycles. The Morgan fingerprint density at radius 1 is 1.23 bits per heavy atom. The summed E-state index contributed by atoms with van der Waals surface area (Å²) in [6.45, 7) is 3.63. The van der Waals surface area contributed by atoms with Gasteiger partial charge in [0.15, 0.2) is 0 Å². The molecule has 0 unspecified atom stereocenters. The lowest BCUT2D eigenvalue weighted by atomic mass is 10.1. The Kier molecular flexibility index (Phi) is 7.68. The van der Waals surface area contributed by atoms with Gasteiger partial charge < -0.3 is 14.8 Å². The molecule has 1 N–H and O–H groups in total. The van der Waals surface area contributed by atoms with Crippen LogP contribution in [0.3, 0.4) is 0 Å². The third-order valence-corrected chi connectivity index (χ3v) is 4.95. The summed E-state index contributed by atoms with van der Waals surface area (Å²) < 4.78 is 14.1. The summed E-state index contributed by atoms with van der Waals surface area (Å²) in [6.07, 6.45) is 6.97. The van der Waals surface area contributed by atoms with Gasteiger partial charge in [-0.05, 0) is 55.0 Å². The summed E-state index contributed by atoms with van der Waals surface area (Å²) in [5.74, 6) is 1.34. The van der Waals surface area contributed by atoms with E-state index in [1.807, 2.05) is 60.3 Å². The van der Waals surface area contributed by atoms with Crippen molar-refractivity contribution >= 4 is 27.9 Å². The summed E-state index contributed by atoms with van der Waals surface area (Å²) in [7, 11) is 1.63. The topological polar surface area (TPSA) is 65.4 Å². The lowest BCUT2D eigenvalue weighted by molar-refractivity contribution is -0.116. The average molecular weight is 470 g/mol. The van der Waals surface area contributed by atoms with Crippen molar-refractivity contribution < 1.29 is 14.3 Å². The molecule has 3 rings (SSSR count). The fraction of sp³-hybridized carbons (Fsp3) is 0.217. The van der Waals surface area contributed by atoms with Gasteiger partial charge in [0.25, 0.3) is 0 Å². The van der Waals surface area contributed by atoms with E-state index >= 15 is 0 Å². The zero-order chi connectivity index (χ0) is 21.3. The van der Waals surface area contributed by atoms with E-state index < -0.39 is 0 Å². The Bertz CT molecular complexity index is 1010. The van der Waals surface area contributed by atoms with E-state index in [0.717, 1.165) is 39.2 Å². The maximum atomic E-state index is 12.1. The summed E-state index contributed by atoms with van der Waals surface area (Å²) in [4.78, 5) is 12.1. The first-order valence-electron chi connectivity index (χ1n) is 9.60. The largest absolute Gasteiger partial charge is 0.496 e. The van der Waals surface area contributed by atoms with Crippen molar-refractivity contribution in [1.29, 1.82) is 0 Å². The molecule has 1 amide bonds. The minimum Gasteiger partial charge on any atom is -0.496 e. The van der Waals surface area contributed by atoms with E-state index in [9.17, 15) is 4.79 Å². The Balaban J connectivity index is 1.60. The van der Waals surface area contributed by atoms with Crippen LogP contribution in [0.1, 0.15) is 23.6 Å². The van der Waals surface area contributed by atoms with Crippen LogP contribution in [-0.4, -0.2) is 22.8 Å². The highest BCUT2D eigenvalue weighted by molar-refractivity contribution is 9.10. The van der Waals surface area contributed by atoms with Crippen molar-refractivity contribution in [3.63, 3.8) is 0 Å². The highest BCUT2D eigenvalue weighted by atomic mass is 79.9. The molecule has 6 nitrogen and oxygen atoms in total. The maximum absolute atomic E-state index is 12.1. The van der Waals surface area contributed by atoms with E-state index in [0.29, 0.717) is 13.2 Å². The minimum absolute atomic E-state index is 0.164. The van der Waals surface area contributed by atoms with Crippen LogP contribution in [-0.2, 0) is 24.5 Å². The van der Waals surface area contributed by atoms with Gasteiger partial charge >= 0.3 is 0 Å². The third kappa shape index (κ3) is 6.22. The van der Waals surface area contributed by atoms with Crippen LogP contribution in [0.5, 0.6) is 11.5 Å². The highest BCUT2D eigenvalue weighted by Crippen LogP contribution is 2.23. The number of halogens is 1. The molecule has 0 fully saturated rings. The molecule has 0 bridgehead atoms. The molecule has 7 heteroatoms. The molecule has 1 heterocycles. The quantitative estimate of drug-likeness (QED) is 0.465. The van der Waals surface area contributed by atoms with Crippen LogP contribution in [0.15, 0.2) is 65.4 Å². The number of amides is 1. The predicted molar refractivity (Wildman–Crippen MR) is 120 cm³/mol. The van der Waals surface area contributed by atoms with Crippen molar-refractivity contribution in [3.8, 4) is 11.5 Å². The second-order valence-electron chi connectivity index (χ2n) is 6.57. The molecule has 30 heavy (non-hydrogen) atoms. The van der Waals surface area contributed by atoms with Crippen LogP contribution in [0.25, 0.3) is 6.08 Å². The van der Waals surface area contributed by atoms with Gasteiger partial charge in [-0.3, -0.25) is 9.48 Å². The molecule has 156 valence electrons.